The Kier molecular flexibility index (Phi) is 8.58. The van der Waals surface area contributed by atoms with Crippen LogP contribution in [0.3, 0.4) is 0 Å². The van der Waals surface area contributed by atoms with Crippen LogP contribution < -0.4 is 20.3 Å². The number of nitrogens with one attached hydrogen (secondary N) is 3. The van der Waals surface area contributed by atoms with E-state index in [1.165, 1.54) is 19.3 Å². The van der Waals surface area contributed by atoms with Gasteiger partial charge in [-0.1, -0.05) is 38.8 Å². The van der Waals surface area contributed by atoms with E-state index in [0.717, 1.165) is 24.3 Å². The van der Waals surface area contributed by atoms with E-state index in [1.54, 1.807) is 7.11 Å². The van der Waals surface area contributed by atoms with Crippen LogP contribution in [-0.4, -0.2) is 44.6 Å². The van der Waals surface area contributed by atoms with Gasteiger partial charge in [-0.3, -0.25) is 9.59 Å². The van der Waals surface area contributed by atoms with Crippen LogP contribution in [0, 0.1) is 5.92 Å². The summed E-state index contributed by atoms with van der Waals surface area (Å²) in [4.78, 5) is 25.9. The molecular weight excluding hydrogens is 342 g/mol. The summed E-state index contributed by atoms with van der Waals surface area (Å²) in [5, 5.41) is 6.08. The third-order valence-corrected chi connectivity index (χ3v) is 5.26. The molecule has 3 atom stereocenters. The molecule has 0 aromatic heterocycles. The monoisotopic (exact) mass is 376 g/mol. The molecule has 0 bridgehead atoms. The summed E-state index contributed by atoms with van der Waals surface area (Å²) in [6, 6.07) is 7.61. The second kappa shape index (κ2) is 10.9. The number of methoxy groups -OCH3 is 1. The lowest BCUT2D eigenvalue weighted by atomic mass is 9.86. The number of anilines is 1. The highest BCUT2D eigenvalue weighted by molar-refractivity contribution is 5.93. The topological polar surface area (TPSA) is 71.9 Å². The van der Waals surface area contributed by atoms with E-state index in [-0.39, 0.29) is 24.4 Å². The van der Waals surface area contributed by atoms with Crippen molar-refractivity contribution in [2.24, 2.45) is 5.92 Å². The van der Waals surface area contributed by atoms with Crippen molar-refractivity contribution in [2.45, 2.75) is 52.0 Å². The SMILES string of the molecule is CCC[NH+](CC(=O)Nc1ccccc1OC)CC(=O)N[C@@H]1CCCC[C@@H]1C. The maximum absolute atomic E-state index is 12.5. The maximum atomic E-state index is 12.5. The highest BCUT2D eigenvalue weighted by atomic mass is 16.5. The van der Waals surface area contributed by atoms with Crippen LogP contribution in [0.2, 0.25) is 0 Å². The number of carbonyl (C=O) groups excluding carboxylic acids is 2. The van der Waals surface area contributed by atoms with Crippen LogP contribution in [0.25, 0.3) is 0 Å². The standard InChI is InChI=1S/C21H33N3O3/c1-4-13-24(14-20(25)22-17-10-6-5-9-16(17)2)15-21(26)23-18-11-7-8-12-19(18)27-3/h7-8,11-12,16-17H,4-6,9-10,13-15H2,1-3H3,(H,22,25)(H,23,26)/p+1/t16-,17+/m0/s1. The molecule has 6 nitrogen and oxygen atoms in total. The molecule has 2 rings (SSSR count). The molecule has 1 aromatic carbocycles. The summed E-state index contributed by atoms with van der Waals surface area (Å²) in [7, 11) is 1.58. The normalized spacial score (nSPS) is 20.6. The van der Waals surface area contributed by atoms with Gasteiger partial charge >= 0.3 is 0 Å². The van der Waals surface area contributed by atoms with E-state index < -0.39 is 0 Å². The molecule has 0 spiro atoms. The molecule has 1 unspecified atom stereocenters. The van der Waals surface area contributed by atoms with Crippen LogP contribution in [0.4, 0.5) is 5.69 Å². The largest absolute Gasteiger partial charge is 0.495 e. The van der Waals surface area contributed by atoms with Crippen molar-refractivity contribution in [1.29, 1.82) is 0 Å². The van der Waals surface area contributed by atoms with Crippen molar-refractivity contribution in [3.8, 4) is 5.75 Å². The van der Waals surface area contributed by atoms with Gasteiger partial charge in [0.2, 0.25) is 0 Å². The lowest BCUT2D eigenvalue weighted by Gasteiger charge is -2.30. The van der Waals surface area contributed by atoms with Crippen molar-refractivity contribution < 1.29 is 19.2 Å². The zero-order chi connectivity index (χ0) is 19.6. The van der Waals surface area contributed by atoms with Gasteiger partial charge in [0, 0.05) is 6.04 Å². The molecule has 6 heteroatoms. The molecule has 1 aliphatic rings. The molecule has 0 aliphatic heterocycles. The lowest BCUT2D eigenvalue weighted by Crippen LogP contribution is -3.14. The number of carbonyl (C=O) groups is 2. The summed E-state index contributed by atoms with van der Waals surface area (Å²) in [6.45, 7) is 5.66. The molecule has 2 amide bonds. The average Bonchev–Trinajstić information content (AvgIpc) is 2.64. The minimum Gasteiger partial charge on any atom is -0.495 e. The number of amides is 2. The number of quaternary nitrogens is 1. The third-order valence-electron chi connectivity index (χ3n) is 5.26. The van der Waals surface area contributed by atoms with Crippen molar-refractivity contribution >= 4 is 17.5 Å². The van der Waals surface area contributed by atoms with Crippen LogP contribution in [0.15, 0.2) is 24.3 Å². The van der Waals surface area contributed by atoms with E-state index in [0.29, 0.717) is 23.9 Å². The zero-order valence-corrected chi connectivity index (χ0v) is 16.8. The number of ether oxygens (including phenoxy) is 1. The summed E-state index contributed by atoms with van der Waals surface area (Å²) >= 11 is 0. The van der Waals surface area contributed by atoms with E-state index >= 15 is 0 Å². The van der Waals surface area contributed by atoms with E-state index in [1.807, 2.05) is 24.3 Å². The van der Waals surface area contributed by atoms with E-state index in [4.69, 9.17) is 4.74 Å². The predicted octanol–water partition coefficient (Wildman–Crippen LogP) is 1.62. The molecule has 1 fully saturated rings. The highest BCUT2D eigenvalue weighted by Gasteiger charge is 2.25. The molecule has 0 heterocycles. The quantitative estimate of drug-likeness (QED) is 0.613. The van der Waals surface area contributed by atoms with Gasteiger partial charge in [-0.05, 0) is 37.3 Å². The first-order chi connectivity index (χ1) is 13.0. The van der Waals surface area contributed by atoms with E-state index in [2.05, 4.69) is 24.5 Å². The smallest absolute Gasteiger partial charge is 0.279 e. The Morgan fingerprint density at radius 2 is 1.85 bits per heavy atom. The molecule has 1 aromatic rings. The zero-order valence-electron chi connectivity index (χ0n) is 16.8. The fraction of sp³-hybridized carbons (Fsp3) is 0.619. The van der Waals surface area contributed by atoms with Gasteiger partial charge in [0.05, 0.1) is 19.3 Å². The molecule has 0 saturated heterocycles. The van der Waals surface area contributed by atoms with Gasteiger partial charge in [-0.2, -0.15) is 0 Å². The lowest BCUT2D eigenvalue weighted by molar-refractivity contribution is -0.883. The summed E-state index contributed by atoms with van der Waals surface area (Å²) < 4.78 is 5.27. The van der Waals surface area contributed by atoms with Gasteiger partial charge in [-0.15, -0.1) is 0 Å². The van der Waals surface area contributed by atoms with Crippen LogP contribution in [0.1, 0.15) is 46.0 Å². The van der Waals surface area contributed by atoms with Crippen molar-refractivity contribution in [1.82, 2.24) is 5.32 Å². The Hall–Kier alpha value is -2.08. The van der Waals surface area contributed by atoms with Gasteiger partial charge in [0.25, 0.3) is 11.8 Å². The number of benzene rings is 1. The molecular formula is C21H34N3O3+. The number of rotatable bonds is 9. The molecule has 1 saturated carbocycles. The Bertz CT molecular complexity index is 620. The fourth-order valence-electron chi connectivity index (χ4n) is 3.78. The second-order valence-electron chi connectivity index (χ2n) is 7.54. The summed E-state index contributed by atoms with van der Waals surface area (Å²) in [6.07, 6.45) is 5.60. The first kappa shape index (κ1) is 21.2. The minimum absolute atomic E-state index is 0.0438. The highest BCUT2D eigenvalue weighted by Crippen LogP contribution is 2.23. The number of para-hydroxylation sites is 2. The van der Waals surface area contributed by atoms with E-state index in [9.17, 15) is 9.59 Å². The van der Waals surface area contributed by atoms with Gasteiger partial charge in [0.1, 0.15) is 5.75 Å². The fourth-order valence-corrected chi connectivity index (χ4v) is 3.78. The van der Waals surface area contributed by atoms with Gasteiger partial charge in [-0.25, -0.2) is 0 Å². The molecule has 150 valence electrons. The molecule has 1 aliphatic carbocycles. The maximum Gasteiger partial charge on any atom is 0.279 e. The minimum atomic E-state index is -0.109. The Morgan fingerprint density at radius 1 is 1.15 bits per heavy atom. The van der Waals surface area contributed by atoms with Crippen molar-refractivity contribution in [3.05, 3.63) is 24.3 Å². The van der Waals surface area contributed by atoms with Crippen molar-refractivity contribution in [3.63, 3.8) is 0 Å². The first-order valence-corrected chi connectivity index (χ1v) is 10.1. The summed E-state index contributed by atoms with van der Waals surface area (Å²) in [5.41, 5.74) is 0.654. The molecule has 27 heavy (non-hydrogen) atoms. The van der Waals surface area contributed by atoms with Crippen LogP contribution >= 0.6 is 0 Å². The Labute approximate surface area is 162 Å². The van der Waals surface area contributed by atoms with Crippen LogP contribution in [-0.2, 0) is 9.59 Å². The van der Waals surface area contributed by atoms with Crippen molar-refractivity contribution in [2.75, 3.05) is 32.1 Å². The number of hydrogen-bond donors (Lipinski definition) is 3. The summed E-state index contributed by atoms with van der Waals surface area (Å²) in [5.74, 6) is 1.10. The molecule has 0 radical (unpaired) electrons. The Morgan fingerprint density at radius 3 is 2.56 bits per heavy atom. The average molecular weight is 377 g/mol. The van der Waals surface area contributed by atoms with Gasteiger partial charge in [0.15, 0.2) is 13.1 Å². The second-order valence-corrected chi connectivity index (χ2v) is 7.54. The predicted molar refractivity (Wildman–Crippen MR) is 107 cm³/mol. The van der Waals surface area contributed by atoms with Crippen LogP contribution in [0.5, 0.6) is 5.75 Å². The first-order valence-electron chi connectivity index (χ1n) is 10.1. The third kappa shape index (κ3) is 6.86. The Balaban J connectivity index is 1.88. The molecule has 3 N–H and O–H groups in total. The van der Waals surface area contributed by atoms with Gasteiger partial charge < -0.3 is 20.3 Å². The number of hydrogen-bond acceptors (Lipinski definition) is 3.